The van der Waals surface area contributed by atoms with Crippen LogP contribution in [-0.4, -0.2) is 71.7 Å². The molecule has 0 atom stereocenters. The number of nitrogens with one attached hydrogen (secondary N) is 1. The van der Waals surface area contributed by atoms with Gasteiger partial charge in [0.1, 0.15) is 17.2 Å². The van der Waals surface area contributed by atoms with E-state index in [0.29, 0.717) is 53.8 Å². The van der Waals surface area contributed by atoms with Crippen LogP contribution in [0, 0.1) is 5.82 Å². The number of halogens is 1. The molecule has 46 heavy (non-hydrogen) atoms. The summed E-state index contributed by atoms with van der Waals surface area (Å²) in [5.74, 6) is -1.32. The Balaban J connectivity index is 1.25. The molecule has 1 fully saturated rings. The van der Waals surface area contributed by atoms with Crippen LogP contribution in [-0.2, 0) is 25.9 Å². The van der Waals surface area contributed by atoms with Crippen LogP contribution < -0.4 is 9.62 Å². The lowest BCUT2D eigenvalue weighted by Gasteiger charge is -2.25. The second-order valence-corrected chi connectivity index (χ2v) is 13.1. The van der Waals surface area contributed by atoms with E-state index in [1.165, 1.54) is 35.6 Å². The van der Waals surface area contributed by atoms with Gasteiger partial charge in [-0.25, -0.2) is 17.6 Å². The lowest BCUT2D eigenvalue weighted by Crippen LogP contribution is -2.34. The second-order valence-electron chi connectivity index (χ2n) is 11.2. The Morgan fingerprint density at radius 3 is 2.39 bits per heavy atom. The zero-order chi connectivity index (χ0) is 32.8. The predicted octanol–water partition coefficient (Wildman–Crippen LogP) is 5.61. The number of carbonyl (C=O) groups excluding carboxylic acids is 1. The van der Waals surface area contributed by atoms with Crippen LogP contribution in [0.2, 0.25) is 0 Å². The fraction of sp³-hybridized carbons (Fsp3) is 0.353. The maximum absolute atomic E-state index is 13.6. The summed E-state index contributed by atoms with van der Waals surface area (Å²) in [4.78, 5) is 24.1. The van der Waals surface area contributed by atoms with Crippen LogP contribution in [0.4, 0.5) is 10.1 Å². The number of hydrogen-bond acceptors (Lipinski definition) is 7. The predicted molar refractivity (Wildman–Crippen MR) is 173 cm³/mol. The second kappa shape index (κ2) is 14.4. The number of ether oxygens (including phenoxy) is 2. The fourth-order valence-corrected chi connectivity index (χ4v) is 6.34. The fourth-order valence-electron chi connectivity index (χ4n) is 5.41. The number of carbonyl (C=O) groups is 2. The summed E-state index contributed by atoms with van der Waals surface area (Å²) in [5.41, 5.74) is 3.64. The smallest absolute Gasteiger partial charge is 0.335 e. The van der Waals surface area contributed by atoms with Crippen molar-refractivity contribution in [1.29, 1.82) is 0 Å². The lowest BCUT2D eigenvalue weighted by atomic mass is 10.0. The first-order valence-corrected chi connectivity index (χ1v) is 17.0. The van der Waals surface area contributed by atoms with Crippen molar-refractivity contribution in [2.24, 2.45) is 0 Å². The van der Waals surface area contributed by atoms with Crippen LogP contribution in [0.1, 0.15) is 57.0 Å². The van der Waals surface area contributed by atoms with E-state index in [1.54, 1.807) is 24.3 Å². The molecule has 3 aromatic carbocycles. The maximum atomic E-state index is 13.6. The van der Waals surface area contributed by atoms with Crippen LogP contribution in [0.5, 0.6) is 0 Å². The van der Waals surface area contributed by atoms with E-state index >= 15 is 0 Å². The van der Waals surface area contributed by atoms with Crippen molar-refractivity contribution >= 4 is 38.6 Å². The Hall–Kier alpha value is -4.26. The molecule has 0 aliphatic heterocycles. The van der Waals surface area contributed by atoms with Crippen LogP contribution in [0.25, 0.3) is 22.3 Å². The zero-order valence-electron chi connectivity index (χ0n) is 25.8. The molecule has 0 unspecified atom stereocenters. The Bertz CT molecular complexity index is 1820. The van der Waals surface area contributed by atoms with E-state index in [4.69, 9.17) is 19.0 Å². The number of aromatic carboxylic acids is 1. The summed E-state index contributed by atoms with van der Waals surface area (Å²) in [5, 5.41) is 12.3. The molecule has 244 valence electrons. The molecular formula is C34H37FN2O8S. The van der Waals surface area contributed by atoms with Gasteiger partial charge in [-0.15, -0.1) is 0 Å². The summed E-state index contributed by atoms with van der Waals surface area (Å²) in [6, 6.07) is 16.0. The van der Waals surface area contributed by atoms with E-state index in [2.05, 4.69) is 5.32 Å². The highest BCUT2D eigenvalue weighted by atomic mass is 32.2. The molecule has 2 N–H and O–H groups in total. The van der Waals surface area contributed by atoms with Gasteiger partial charge in [0.25, 0.3) is 5.91 Å². The lowest BCUT2D eigenvalue weighted by molar-refractivity contribution is 0.0501. The van der Waals surface area contributed by atoms with Crippen molar-refractivity contribution in [3.63, 3.8) is 0 Å². The number of fused-ring (bicyclic) bond motifs is 1. The number of furan rings is 1. The number of nitrogens with zero attached hydrogens (tertiary/aromatic N) is 1. The van der Waals surface area contributed by atoms with Gasteiger partial charge >= 0.3 is 5.97 Å². The van der Waals surface area contributed by atoms with Gasteiger partial charge in [-0.3, -0.25) is 9.10 Å². The summed E-state index contributed by atoms with van der Waals surface area (Å²) < 4.78 is 58.6. The van der Waals surface area contributed by atoms with Gasteiger partial charge in [0.2, 0.25) is 10.0 Å². The Kier molecular flexibility index (Phi) is 10.4. The quantitative estimate of drug-likeness (QED) is 0.149. The molecule has 0 bridgehead atoms. The standard InChI is InChI=1S/C34H37FN2O8S/c1-36-33(38)31-28-20-27(23-8-9-23)29(21-30(28)45-32(31)24-10-12-26(35)13-11-24)37(46(2,41)42)14-16-44-18-17-43-15-4-6-22-5-3-7-25(19-22)34(39)40/h3,5,7,10-13,19-21,23H,4,6,8-9,14-18H2,1-2H3,(H,36,38)(H,39,40). The molecule has 0 saturated heterocycles. The minimum Gasteiger partial charge on any atom is -0.478 e. The summed E-state index contributed by atoms with van der Waals surface area (Å²) in [6.07, 6.45) is 4.34. The van der Waals surface area contributed by atoms with Gasteiger partial charge < -0.3 is 24.3 Å². The molecule has 12 heteroatoms. The van der Waals surface area contributed by atoms with Crippen LogP contribution >= 0.6 is 0 Å². The van der Waals surface area contributed by atoms with E-state index in [0.717, 1.165) is 30.2 Å². The third kappa shape index (κ3) is 7.93. The number of carboxylic acid groups (broad SMARTS) is 1. The van der Waals surface area contributed by atoms with Gasteiger partial charge in [0.05, 0.1) is 49.4 Å². The highest BCUT2D eigenvalue weighted by molar-refractivity contribution is 7.92. The number of sulfonamides is 1. The van der Waals surface area contributed by atoms with E-state index in [1.807, 2.05) is 12.1 Å². The van der Waals surface area contributed by atoms with E-state index < -0.39 is 21.8 Å². The maximum Gasteiger partial charge on any atom is 0.335 e. The number of aryl methyl sites for hydroxylation is 1. The zero-order valence-corrected chi connectivity index (χ0v) is 26.6. The van der Waals surface area contributed by atoms with Crippen molar-refractivity contribution in [3.8, 4) is 11.3 Å². The molecular weight excluding hydrogens is 615 g/mol. The average Bonchev–Trinajstić information content (AvgIpc) is 3.81. The minimum atomic E-state index is -3.71. The monoisotopic (exact) mass is 652 g/mol. The van der Waals surface area contributed by atoms with Crippen LogP contribution in [0.15, 0.2) is 65.1 Å². The SMILES string of the molecule is CNC(=O)c1c(-c2ccc(F)cc2)oc2cc(N(CCOCCOCCCc3cccc(C(=O)O)c3)S(C)(=O)=O)c(C3CC3)cc12. The van der Waals surface area contributed by atoms with Gasteiger partial charge in [-0.05, 0) is 85.2 Å². The third-order valence-corrected chi connectivity index (χ3v) is 9.00. The number of anilines is 1. The molecule has 5 rings (SSSR count). The third-order valence-electron chi connectivity index (χ3n) is 7.82. The largest absolute Gasteiger partial charge is 0.478 e. The molecule has 1 aliphatic carbocycles. The molecule has 0 spiro atoms. The average molecular weight is 653 g/mol. The number of benzene rings is 3. The topological polar surface area (TPSA) is 135 Å². The normalized spacial score (nSPS) is 13.2. The number of hydrogen-bond donors (Lipinski definition) is 2. The highest BCUT2D eigenvalue weighted by Crippen LogP contribution is 2.48. The van der Waals surface area contributed by atoms with Gasteiger partial charge in [0.15, 0.2) is 0 Å². The van der Waals surface area contributed by atoms with Gasteiger partial charge in [0, 0.05) is 30.7 Å². The number of rotatable bonds is 16. The summed E-state index contributed by atoms with van der Waals surface area (Å²) in [6.45, 7) is 1.27. The molecule has 4 aromatic rings. The first-order chi connectivity index (χ1) is 22.1. The van der Waals surface area contributed by atoms with Crippen LogP contribution in [0.3, 0.4) is 0 Å². The number of carboxylic acids is 1. The van der Waals surface area contributed by atoms with Crippen molar-refractivity contribution in [3.05, 3.63) is 88.7 Å². The Morgan fingerprint density at radius 2 is 1.74 bits per heavy atom. The first-order valence-electron chi connectivity index (χ1n) is 15.1. The Labute approximate surface area is 267 Å². The molecule has 1 heterocycles. The van der Waals surface area contributed by atoms with Crippen molar-refractivity contribution in [2.75, 3.05) is 50.6 Å². The molecule has 10 nitrogen and oxygen atoms in total. The molecule has 0 radical (unpaired) electrons. The van der Waals surface area contributed by atoms with E-state index in [9.17, 15) is 22.4 Å². The van der Waals surface area contributed by atoms with Gasteiger partial charge in [-0.1, -0.05) is 12.1 Å². The summed E-state index contributed by atoms with van der Waals surface area (Å²) in [7, 11) is -2.19. The van der Waals surface area contributed by atoms with Crippen molar-refractivity contribution in [1.82, 2.24) is 5.32 Å². The molecule has 1 aromatic heterocycles. The number of amides is 1. The van der Waals surface area contributed by atoms with Crippen molar-refractivity contribution in [2.45, 2.75) is 31.6 Å². The molecule has 1 aliphatic rings. The van der Waals surface area contributed by atoms with Crippen molar-refractivity contribution < 1.29 is 41.4 Å². The summed E-state index contributed by atoms with van der Waals surface area (Å²) >= 11 is 0. The Morgan fingerprint density at radius 1 is 1.02 bits per heavy atom. The molecule has 1 saturated carbocycles. The first kappa shape index (κ1) is 33.1. The van der Waals surface area contributed by atoms with Gasteiger partial charge in [-0.2, -0.15) is 0 Å². The highest BCUT2D eigenvalue weighted by Gasteiger charge is 2.33. The molecule has 1 amide bonds. The van der Waals surface area contributed by atoms with E-state index in [-0.39, 0.29) is 42.9 Å². The minimum absolute atomic E-state index is 0.0673.